The van der Waals surface area contributed by atoms with E-state index in [4.69, 9.17) is 9.47 Å². The van der Waals surface area contributed by atoms with Gasteiger partial charge in [0.1, 0.15) is 23.0 Å². The summed E-state index contributed by atoms with van der Waals surface area (Å²) in [5.74, 6) is 3.55. The molecule has 6 aliphatic rings. The number of benzene rings is 13. The lowest BCUT2D eigenvalue weighted by atomic mass is 9.66. The number of rotatable bonds is 4. The molecule has 0 saturated carbocycles. The Balaban J connectivity index is 0.821. The van der Waals surface area contributed by atoms with Crippen LogP contribution in [0.1, 0.15) is 66.8 Å². The molecule has 0 bridgehead atoms. The van der Waals surface area contributed by atoms with E-state index in [1.54, 1.807) is 0 Å². The first-order valence-corrected chi connectivity index (χ1v) is 29.2. The van der Waals surface area contributed by atoms with Crippen LogP contribution < -0.4 is 14.4 Å². The highest BCUT2D eigenvalue weighted by Crippen LogP contribution is 2.66. The van der Waals surface area contributed by atoms with Gasteiger partial charge in [0.15, 0.2) is 0 Å². The smallest absolute Gasteiger partial charge is 0.132 e. The summed E-state index contributed by atoms with van der Waals surface area (Å²) in [5, 5.41) is 0. The number of nitrogens with zero attached hydrogens (tertiary/aromatic N) is 1. The Morgan fingerprint density at radius 3 is 0.857 bits per heavy atom. The second-order valence-corrected chi connectivity index (χ2v) is 23.3. The number of anilines is 3. The van der Waals surface area contributed by atoms with Crippen molar-refractivity contribution in [1.82, 2.24) is 0 Å². The van der Waals surface area contributed by atoms with Gasteiger partial charge in [-0.15, -0.1) is 0 Å². The average molecular weight is 1070 g/mol. The molecule has 0 atom stereocenters. The molecule has 84 heavy (non-hydrogen) atoms. The largest absolute Gasteiger partial charge is 0.457 e. The predicted octanol–water partition coefficient (Wildman–Crippen LogP) is 20.1. The van der Waals surface area contributed by atoms with Gasteiger partial charge < -0.3 is 14.4 Å². The standard InChI is InChI=1S/C81H49NO2/c1-6-24-63-55(19-1)56-20-2-7-25-64(56)79(63)65-26-8-3-21-57(65)60-44-42-53(48-73(60)79)82(54-43-45-61-58-22-4-9-27-66(58)81(74(61)49-54)71-31-13-17-35-77(71)84-78-36-18-14-32-72(78)81)52-40-37-50(38-41-52)51-39-46-68-62(47-51)59-23-5-10-28-67(59)80(68)69-29-11-15-33-75(69)83-76-34-16-12-30-70(76)80/h1-49H. The van der Waals surface area contributed by atoms with E-state index in [0.29, 0.717) is 0 Å². The monoisotopic (exact) mass is 1070 g/mol. The Morgan fingerprint density at radius 2 is 0.464 bits per heavy atom. The molecule has 0 radical (unpaired) electrons. The van der Waals surface area contributed by atoms with Crippen molar-refractivity contribution in [3.8, 4) is 78.6 Å². The van der Waals surface area contributed by atoms with Gasteiger partial charge in [-0.2, -0.15) is 0 Å². The van der Waals surface area contributed by atoms with Crippen molar-refractivity contribution >= 4 is 17.1 Å². The van der Waals surface area contributed by atoms with Gasteiger partial charge in [0.05, 0.1) is 16.2 Å². The minimum atomic E-state index is -0.636. The summed E-state index contributed by atoms with van der Waals surface area (Å²) in [4.78, 5) is 2.50. The number of hydrogen-bond acceptors (Lipinski definition) is 3. The quantitative estimate of drug-likeness (QED) is 0.175. The molecule has 390 valence electrons. The summed E-state index contributed by atoms with van der Waals surface area (Å²) in [7, 11) is 0. The Morgan fingerprint density at radius 1 is 0.190 bits per heavy atom. The van der Waals surface area contributed by atoms with Crippen LogP contribution in [0.3, 0.4) is 0 Å². The Bertz CT molecular complexity index is 4850. The fourth-order valence-corrected chi connectivity index (χ4v) is 16.5. The van der Waals surface area contributed by atoms with Crippen molar-refractivity contribution in [2.75, 3.05) is 4.90 Å². The fourth-order valence-electron chi connectivity index (χ4n) is 16.5. The maximum absolute atomic E-state index is 6.81. The molecule has 2 aliphatic heterocycles. The second kappa shape index (κ2) is 16.7. The van der Waals surface area contributed by atoms with Crippen molar-refractivity contribution in [3.05, 3.63) is 364 Å². The molecule has 4 aliphatic carbocycles. The Hall–Kier alpha value is -10.7. The molecule has 0 N–H and O–H groups in total. The van der Waals surface area contributed by atoms with Crippen molar-refractivity contribution < 1.29 is 9.47 Å². The zero-order valence-corrected chi connectivity index (χ0v) is 45.6. The molecule has 0 unspecified atom stereocenters. The van der Waals surface area contributed by atoms with Gasteiger partial charge in [0.2, 0.25) is 0 Å². The van der Waals surface area contributed by atoms with Gasteiger partial charge in [0.25, 0.3) is 0 Å². The van der Waals surface area contributed by atoms with Gasteiger partial charge in [-0.1, -0.05) is 231 Å². The molecule has 13 aromatic rings. The van der Waals surface area contributed by atoms with Gasteiger partial charge in [-0.05, 0) is 167 Å². The van der Waals surface area contributed by atoms with Crippen molar-refractivity contribution in [3.63, 3.8) is 0 Å². The maximum Gasteiger partial charge on any atom is 0.132 e. The molecule has 0 saturated heterocycles. The third-order valence-corrected chi connectivity index (χ3v) is 19.6. The van der Waals surface area contributed by atoms with Crippen LogP contribution in [-0.2, 0) is 16.2 Å². The highest BCUT2D eigenvalue weighted by molar-refractivity contribution is 5.98. The molecule has 3 heteroatoms. The van der Waals surface area contributed by atoms with Crippen LogP contribution in [0.2, 0.25) is 0 Å². The highest BCUT2D eigenvalue weighted by Gasteiger charge is 2.54. The lowest BCUT2D eigenvalue weighted by Crippen LogP contribution is -2.32. The topological polar surface area (TPSA) is 21.7 Å². The summed E-state index contributed by atoms with van der Waals surface area (Å²) < 4.78 is 13.5. The molecular formula is C81H49NO2. The first-order chi connectivity index (χ1) is 41.6. The normalized spacial score (nSPS) is 14.9. The zero-order chi connectivity index (χ0) is 54.9. The average Bonchev–Trinajstić information content (AvgIpc) is 1.62. The molecule has 19 rings (SSSR count). The SMILES string of the molecule is c1ccc2c(c1)Oc1ccccc1C21c2ccccc2-c2cc(-c3ccc(N(c4ccc5c(c4)C4(c6ccccc6Oc6ccccc64)c4ccccc4-5)c4ccc5c(c4)C4(c6ccccc6-c6ccccc64)c4ccccc4-5)cc3)ccc21. The Labute approximate surface area is 487 Å². The van der Waals surface area contributed by atoms with Crippen molar-refractivity contribution in [1.29, 1.82) is 0 Å². The van der Waals surface area contributed by atoms with E-state index in [2.05, 4.69) is 302 Å². The minimum absolute atomic E-state index is 0.511. The summed E-state index contributed by atoms with van der Waals surface area (Å²) >= 11 is 0. The van der Waals surface area contributed by atoms with Crippen LogP contribution in [0, 0.1) is 0 Å². The van der Waals surface area contributed by atoms with E-state index in [1.165, 1.54) is 100 Å². The molecule has 2 heterocycles. The summed E-state index contributed by atoms with van der Waals surface area (Å²) in [6.07, 6.45) is 0. The first-order valence-electron chi connectivity index (χ1n) is 29.2. The van der Waals surface area contributed by atoms with Crippen molar-refractivity contribution in [2.24, 2.45) is 0 Å². The van der Waals surface area contributed by atoms with Crippen LogP contribution in [-0.4, -0.2) is 0 Å². The lowest BCUT2D eigenvalue weighted by Gasteiger charge is -2.39. The molecule has 0 amide bonds. The molecular weight excluding hydrogens is 1020 g/mol. The zero-order valence-electron chi connectivity index (χ0n) is 45.6. The third-order valence-electron chi connectivity index (χ3n) is 19.6. The van der Waals surface area contributed by atoms with E-state index >= 15 is 0 Å². The highest BCUT2D eigenvalue weighted by atomic mass is 16.5. The van der Waals surface area contributed by atoms with Crippen LogP contribution in [0.15, 0.2) is 297 Å². The van der Waals surface area contributed by atoms with E-state index in [9.17, 15) is 0 Å². The van der Waals surface area contributed by atoms with Gasteiger partial charge in [0, 0.05) is 39.3 Å². The first kappa shape index (κ1) is 45.9. The molecule has 3 nitrogen and oxygen atoms in total. The van der Waals surface area contributed by atoms with E-state index in [0.717, 1.165) is 62.3 Å². The van der Waals surface area contributed by atoms with Crippen LogP contribution in [0.4, 0.5) is 17.1 Å². The molecule has 0 fully saturated rings. The maximum atomic E-state index is 6.81. The molecule has 13 aromatic carbocycles. The van der Waals surface area contributed by atoms with E-state index < -0.39 is 16.2 Å². The summed E-state index contributed by atoms with van der Waals surface area (Å²) in [6, 6.07) is 111. The van der Waals surface area contributed by atoms with Gasteiger partial charge >= 0.3 is 0 Å². The number of para-hydroxylation sites is 4. The van der Waals surface area contributed by atoms with Gasteiger partial charge in [-0.3, -0.25) is 0 Å². The van der Waals surface area contributed by atoms with E-state index in [1.807, 2.05) is 0 Å². The van der Waals surface area contributed by atoms with Gasteiger partial charge in [-0.25, -0.2) is 0 Å². The van der Waals surface area contributed by atoms with Crippen molar-refractivity contribution in [2.45, 2.75) is 16.2 Å². The number of fused-ring (bicyclic) bond motifs is 28. The number of ether oxygens (including phenoxy) is 2. The molecule has 3 spiro atoms. The molecule has 0 aromatic heterocycles. The van der Waals surface area contributed by atoms with Crippen LogP contribution >= 0.6 is 0 Å². The minimum Gasteiger partial charge on any atom is -0.457 e. The van der Waals surface area contributed by atoms with Crippen LogP contribution in [0.25, 0.3) is 55.6 Å². The summed E-state index contributed by atoms with van der Waals surface area (Å²) in [5.41, 5.74) is 28.9. The lowest BCUT2D eigenvalue weighted by molar-refractivity contribution is 0.436. The van der Waals surface area contributed by atoms with Crippen LogP contribution in [0.5, 0.6) is 23.0 Å². The number of hydrogen-bond donors (Lipinski definition) is 0. The fraction of sp³-hybridized carbons (Fsp3) is 0.0370. The Kier molecular flexibility index (Phi) is 9.13. The third kappa shape index (κ3) is 5.66. The summed E-state index contributed by atoms with van der Waals surface area (Å²) in [6.45, 7) is 0. The predicted molar refractivity (Wildman–Crippen MR) is 338 cm³/mol. The second-order valence-electron chi connectivity index (χ2n) is 23.3. The van der Waals surface area contributed by atoms with E-state index in [-0.39, 0.29) is 0 Å².